The molecular weight excluding hydrogens is 460 g/mol. The average molecular weight is 501 g/mol. The van der Waals surface area contributed by atoms with Gasteiger partial charge in [0.1, 0.15) is 0 Å². The van der Waals surface area contributed by atoms with Crippen molar-refractivity contribution in [2.24, 2.45) is 0 Å². The molecule has 3 heterocycles. The number of hydrogen-bond acceptors (Lipinski definition) is 6. The third-order valence-electron chi connectivity index (χ3n) is 8.37. The largest absolute Gasteiger partial charge is 0.299 e. The summed E-state index contributed by atoms with van der Waals surface area (Å²) in [5.74, 6) is 5.01. The van der Waals surface area contributed by atoms with Crippen LogP contribution >= 0.6 is 0 Å². The van der Waals surface area contributed by atoms with Crippen molar-refractivity contribution < 1.29 is 4.21 Å². The van der Waals surface area contributed by atoms with Gasteiger partial charge < -0.3 is 0 Å². The number of rotatable bonds is 7. The van der Waals surface area contributed by atoms with E-state index in [1.54, 1.807) is 4.31 Å². The third kappa shape index (κ3) is 4.91. The van der Waals surface area contributed by atoms with Gasteiger partial charge >= 0.3 is 0 Å². The zero-order valence-corrected chi connectivity index (χ0v) is 22.1. The van der Waals surface area contributed by atoms with E-state index in [0.29, 0.717) is 19.6 Å². The van der Waals surface area contributed by atoms with Crippen LogP contribution in [0.1, 0.15) is 49.9 Å². The van der Waals surface area contributed by atoms with E-state index in [0.717, 1.165) is 50.8 Å². The molecule has 2 aromatic rings. The van der Waals surface area contributed by atoms with Gasteiger partial charge in [0.25, 0.3) is 0 Å². The predicted molar refractivity (Wildman–Crippen MR) is 140 cm³/mol. The molecule has 9 nitrogen and oxygen atoms in total. The monoisotopic (exact) mass is 500 g/mol. The molecule has 0 radical (unpaired) electrons. The summed E-state index contributed by atoms with van der Waals surface area (Å²) in [5.41, 5.74) is 0.917. The van der Waals surface area contributed by atoms with E-state index < -0.39 is 9.89 Å². The van der Waals surface area contributed by atoms with E-state index in [-0.39, 0.29) is 5.54 Å². The first-order chi connectivity index (χ1) is 16.9. The van der Waals surface area contributed by atoms with Crippen molar-refractivity contribution in [1.82, 2.24) is 38.6 Å². The number of tetrazole rings is 1. The lowest BCUT2D eigenvalue weighted by Gasteiger charge is -2.48. The molecule has 3 aliphatic rings. The number of hydrogen-bond donors (Lipinski definition) is 0. The Morgan fingerprint density at radius 3 is 2.43 bits per heavy atom. The molecule has 0 N–H and O–H groups in total. The van der Waals surface area contributed by atoms with Crippen molar-refractivity contribution in [3.05, 3.63) is 41.7 Å². The van der Waals surface area contributed by atoms with Crippen molar-refractivity contribution in [1.29, 1.82) is 0 Å². The van der Waals surface area contributed by atoms with Crippen LogP contribution in [0.25, 0.3) is 0 Å². The van der Waals surface area contributed by atoms with E-state index in [1.807, 2.05) is 24.8 Å². The van der Waals surface area contributed by atoms with Gasteiger partial charge in [0.2, 0.25) is 0 Å². The highest BCUT2D eigenvalue weighted by Crippen LogP contribution is 2.40. The predicted octanol–water partition coefficient (Wildman–Crippen LogP) is 1.68. The molecule has 0 bridgehead atoms. The smallest absolute Gasteiger partial charge is 0.172 e. The zero-order chi connectivity index (χ0) is 24.5. The summed E-state index contributed by atoms with van der Waals surface area (Å²) in [4.78, 5) is 5.35. The molecule has 1 aliphatic carbocycles. The van der Waals surface area contributed by atoms with E-state index in [4.69, 9.17) is 0 Å². The summed E-state index contributed by atoms with van der Waals surface area (Å²) in [6, 6.07) is 11.2. The molecule has 1 aromatic heterocycles. The van der Waals surface area contributed by atoms with Crippen LogP contribution in [-0.4, -0.2) is 108 Å². The molecule has 1 atom stereocenters. The molecule has 5 rings (SSSR count). The van der Waals surface area contributed by atoms with Crippen LogP contribution in [-0.2, 0) is 22.0 Å². The first-order valence-corrected chi connectivity index (χ1v) is 14.6. The maximum Gasteiger partial charge on any atom is 0.172 e. The Bertz CT molecular complexity index is 1070. The van der Waals surface area contributed by atoms with Crippen LogP contribution in [0, 0.1) is 0 Å². The second kappa shape index (κ2) is 10.3. The van der Waals surface area contributed by atoms with Gasteiger partial charge in [-0.3, -0.25) is 9.80 Å². The lowest BCUT2D eigenvalue weighted by Crippen LogP contribution is -2.57. The highest BCUT2D eigenvalue weighted by molar-refractivity contribution is 7.95. The van der Waals surface area contributed by atoms with Crippen LogP contribution in [0.15, 0.2) is 30.3 Å². The first kappa shape index (κ1) is 24.8. The number of piperidine rings is 1. The van der Waals surface area contributed by atoms with Gasteiger partial charge in [-0.1, -0.05) is 36.8 Å². The van der Waals surface area contributed by atoms with Crippen LogP contribution in [0.3, 0.4) is 0 Å². The van der Waals surface area contributed by atoms with Gasteiger partial charge in [0.15, 0.2) is 5.82 Å². The minimum absolute atomic E-state index is 0.272. The summed E-state index contributed by atoms with van der Waals surface area (Å²) >= 11 is 0. The van der Waals surface area contributed by atoms with Crippen LogP contribution in [0.5, 0.6) is 0 Å². The zero-order valence-electron chi connectivity index (χ0n) is 21.3. The van der Waals surface area contributed by atoms with Gasteiger partial charge in [-0.05, 0) is 60.5 Å². The number of benzene rings is 1. The summed E-state index contributed by atoms with van der Waals surface area (Å²) in [6.45, 7) is 6.40. The summed E-state index contributed by atoms with van der Waals surface area (Å²) in [6.07, 6.45) is 6.90. The van der Waals surface area contributed by atoms with E-state index in [1.165, 1.54) is 31.4 Å². The Hall–Kier alpha value is -1.85. The quantitative estimate of drug-likeness (QED) is 0.539. The van der Waals surface area contributed by atoms with Crippen molar-refractivity contribution in [2.75, 3.05) is 53.4 Å². The van der Waals surface area contributed by atoms with E-state index in [9.17, 15) is 4.21 Å². The van der Waals surface area contributed by atoms with E-state index in [2.05, 4.69) is 59.8 Å². The second-order valence-corrected chi connectivity index (χ2v) is 12.9. The average Bonchev–Trinajstić information content (AvgIpc) is 3.15. The fraction of sp³-hybridized carbons (Fsp3) is 0.680. The van der Waals surface area contributed by atoms with Crippen LogP contribution < -0.4 is 0 Å². The van der Waals surface area contributed by atoms with Crippen LogP contribution in [0.2, 0.25) is 0 Å². The molecule has 2 saturated heterocycles. The van der Waals surface area contributed by atoms with Crippen molar-refractivity contribution in [3.63, 3.8) is 0 Å². The van der Waals surface area contributed by atoms with Gasteiger partial charge in [0.05, 0.1) is 22.0 Å². The van der Waals surface area contributed by atoms with Crippen molar-refractivity contribution in [3.8, 4) is 0 Å². The Morgan fingerprint density at radius 1 is 1.03 bits per heavy atom. The van der Waals surface area contributed by atoms with Gasteiger partial charge in [-0.15, -0.1) is 5.10 Å². The molecule has 3 fully saturated rings. The topological polar surface area (TPSA) is 73.6 Å². The fourth-order valence-corrected chi connectivity index (χ4v) is 7.15. The lowest BCUT2D eigenvalue weighted by molar-refractivity contribution is 0.0256. The fourth-order valence-electron chi connectivity index (χ4n) is 5.94. The Labute approximate surface area is 210 Å². The Balaban J connectivity index is 1.44. The number of aromatic nitrogens is 4. The normalized spacial score (nSPS) is 24.7. The molecule has 1 unspecified atom stereocenters. The number of nitrogens with zero attached hydrogens (tertiary/aromatic N) is 8. The summed E-state index contributed by atoms with van der Waals surface area (Å²) in [5, 5.41) is 13.2. The van der Waals surface area contributed by atoms with Crippen molar-refractivity contribution in [2.45, 2.75) is 56.7 Å². The SMILES string of the molecule is C=S(=O)(N(C)C)N1CCC(c2nnnn2Cc2ccccc2)(N2CCCN(C3CCC3)CC2)CC1. The minimum Gasteiger partial charge on any atom is -0.299 e. The maximum absolute atomic E-state index is 13.3. The van der Waals surface area contributed by atoms with Crippen molar-refractivity contribution >= 4 is 15.8 Å². The Kier molecular flexibility index (Phi) is 7.28. The highest BCUT2D eigenvalue weighted by atomic mass is 32.2. The molecule has 1 saturated carbocycles. The summed E-state index contributed by atoms with van der Waals surface area (Å²) < 4.78 is 19.1. The molecule has 35 heavy (non-hydrogen) atoms. The van der Waals surface area contributed by atoms with Gasteiger partial charge in [0, 0.05) is 52.9 Å². The molecule has 10 heteroatoms. The summed E-state index contributed by atoms with van der Waals surface area (Å²) in [7, 11) is 1.25. The minimum atomic E-state index is -2.45. The standard InChI is InChI=1S/C25H40N8OS/c1-29(2)35(3,34)32-17-13-25(14-18-32,31-16-8-15-30(19-20-31)23-11-7-12-23)24-26-27-28-33(24)21-22-9-5-4-6-10-22/h4-6,9-10,23H,3,7-8,11-21H2,1-2H3. The maximum atomic E-state index is 13.3. The first-order valence-electron chi connectivity index (χ1n) is 13.0. The Morgan fingerprint density at radius 2 is 1.77 bits per heavy atom. The molecule has 1 aromatic carbocycles. The third-order valence-corrected chi connectivity index (χ3v) is 10.7. The lowest BCUT2D eigenvalue weighted by atomic mass is 9.85. The molecule has 0 amide bonds. The van der Waals surface area contributed by atoms with Gasteiger partial charge in [-0.25, -0.2) is 17.5 Å². The second-order valence-electron chi connectivity index (χ2n) is 10.5. The van der Waals surface area contributed by atoms with E-state index >= 15 is 0 Å². The molecule has 2 aliphatic heterocycles. The van der Waals surface area contributed by atoms with Crippen LogP contribution in [0.4, 0.5) is 0 Å². The highest BCUT2D eigenvalue weighted by Gasteiger charge is 2.47. The molecular formula is C25H40N8OS. The molecule has 192 valence electrons. The van der Waals surface area contributed by atoms with Gasteiger partial charge in [-0.2, -0.15) is 0 Å². The molecule has 0 spiro atoms.